The van der Waals surface area contributed by atoms with E-state index < -0.39 is 0 Å². The van der Waals surface area contributed by atoms with Crippen molar-refractivity contribution in [3.8, 4) is 21.6 Å². The number of methoxy groups -OCH3 is 1. The second-order valence-corrected chi connectivity index (χ2v) is 7.62. The molecule has 0 spiro atoms. The van der Waals surface area contributed by atoms with Crippen LogP contribution in [0.4, 0.5) is 0 Å². The predicted molar refractivity (Wildman–Crippen MR) is 111 cm³/mol. The lowest BCUT2D eigenvalue weighted by Crippen LogP contribution is -2.35. The van der Waals surface area contributed by atoms with Crippen molar-refractivity contribution < 1.29 is 9.53 Å². The average Bonchev–Trinajstić information content (AvgIpc) is 3.08. The number of nitrogens with one attached hydrogen (secondary N) is 1. The highest BCUT2D eigenvalue weighted by Crippen LogP contribution is 2.32. The molecule has 0 bridgehead atoms. The third-order valence-corrected chi connectivity index (χ3v) is 5.36. The fraction of sp³-hybridized carbons (Fsp3) is 0.273. The topological polar surface area (TPSA) is 51.2 Å². The SMILES string of the molecule is COC[C@H](C)NC(=O)c1cc(-c2ccc(C)cc2)cc(-c2scnc2C)c1. The number of hydrogen-bond acceptors (Lipinski definition) is 4. The van der Waals surface area contributed by atoms with Gasteiger partial charge >= 0.3 is 0 Å². The lowest BCUT2D eigenvalue weighted by Gasteiger charge is -2.14. The number of amides is 1. The lowest BCUT2D eigenvalue weighted by molar-refractivity contribution is 0.0905. The Morgan fingerprint density at radius 1 is 1.11 bits per heavy atom. The summed E-state index contributed by atoms with van der Waals surface area (Å²) in [5, 5.41) is 3.00. The molecule has 4 nitrogen and oxygen atoms in total. The van der Waals surface area contributed by atoms with Gasteiger partial charge in [0.25, 0.3) is 5.91 Å². The van der Waals surface area contributed by atoms with Crippen LogP contribution >= 0.6 is 11.3 Å². The number of carbonyl (C=O) groups is 1. The van der Waals surface area contributed by atoms with E-state index >= 15 is 0 Å². The van der Waals surface area contributed by atoms with E-state index in [1.165, 1.54) is 5.56 Å². The van der Waals surface area contributed by atoms with E-state index in [2.05, 4.69) is 47.6 Å². The van der Waals surface area contributed by atoms with Gasteiger partial charge in [-0.25, -0.2) is 4.98 Å². The van der Waals surface area contributed by atoms with Crippen molar-refractivity contribution >= 4 is 17.2 Å². The molecular weight excluding hydrogens is 356 g/mol. The first kappa shape index (κ1) is 19.3. The van der Waals surface area contributed by atoms with E-state index in [9.17, 15) is 4.79 Å². The van der Waals surface area contributed by atoms with Gasteiger partial charge in [-0.05, 0) is 55.7 Å². The normalized spacial score (nSPS) is 12.0. The van der Waals surface area contributed by atoms with Crippen LogP contribution in [0.5, 0.6) is 0 Å². The van der Waals surface area contributed by atoms with Gasteiger partial charge in [-0.1, -0.05) is 29.8 Å². The molecule has 0 unspecified atom stereocenters. The summed E-state index contributed by atoms with van der Waals surface area (Å²) in [7, 11) is 1.63. The summed E-state index contributed by atoms with van der Waals surface area (Å²) in [6, 6.07) is 14.3. The summed E-state index contributed by atoms with van der Waals surface area (Å²) in [6.07, 6.45) is 0. The molecule has 3 rings (SSSR count). The van der Waals surface area contributed by atoms with Crippen LogP contribution in [0.25, 0.3) is 21.6 Å². The van der Waals surface area contributed by atoms with E-state index in [-0.39, 0.29) is 11.9 Å². The van der Waals surface area contributed by atoms with Crippen molar-refractivity contribution in [1.82, 2.24) is 10.3 Å². The number of rotatable bonds is 6. The fourth-order valence-corrected chi connectivity index (χ4v) is 3.77. The molecule has 0 aliphatic rings. The second-order valence-electron chi connectivity index (χ2n) is 6.76. The van der Waals surface area contributed by atoms with Crippen LogP contribution in [0.15, 0.2) is 48.0 Å². The van der Waals surface area contributed by atoms with Crippen LogP contribution < -0.4 is 5.32 Å². The van der Waals surface area contributed by atoms with Gasteiger partial charge in [0.2, 0.25) is 0 Å². The Hall–Kier alpha value is -2.50. The van der Waals surface area contributed by atoms with Crippen LogP contribution in [0, 0.1) is 13.8 Å². The minimum Gasteiger partial charge on any atom is -0.383 e. The summed E-state index contributed by atoms with van der Waals surface area (Å²) >= 11 is 1.59. The van der Waals surface area contributed by atoms with Gasteiger partial charge < -0.3 is 10.1 Å². The molecule has 140 valence electrons. The number of benzene rings is 2. The lowest BCUT2D eigenvalue weighted by atomic mass is 9.97. The molecule has 1 heterocycles. The van der Waals surface area contributed by atoms with Crippen LogP contribution in [-0.4, -0.2) is 30.6 Å². The number of aryl methyl sites for hydroxylation is 2. The minimum absolute atomic E-state index is 0.0564. The zero-order valence-electron chi connectivity index (χ0n) is 16.1. The summed E-state index contributed by atoms with van der Waals surface area (Å²) < 4.78 is 5.12. The first-order valence-corrected chi connectivity index (χ1v) is 9.78. The van der Waals surface area contributed by atoms with Crippen LogP contribution in [0.3, 0.4) is 0 Å². The maximum atomic E-state index is 12.8. The Morgan fingerprint density at radius 2 is 1.81 bits per heavy atom. The largest absolute Gasteiger partial charge is 0.383 e. The molecule has 1 aromatic heterocycles. The Morgan fingerprint density at radius 3 is 2.44 bits per heavy atom. The summed E-state index contributed by atoms with van der Waals surface area (Å²) in [6.45, 7) is 6.46. The molecular formula is C22H24N2O2S. The molecule has 0 saturated carbocycles. The molecule has 5 heteroatoms. The van der Waals surface area contributed by atoms with Crippen LogP contribution in [0.2, 0.25) is 0 Å². The first-order chi connectivity index (χ1) is 13.0. The van der Waals surface area contributed by atoms with Gasteiger partial charge in [-0.15, -0.1) is 11.3 Å². The first-order valence-electron chi connectivity index (χ1n) is 8.90. The monoisotopic (exact) mass is 380 g/mol. The standard InChI is InChI=1S/C22H24N2O2S/c1-14-5-7-17(8-6-14)18-9-19(21-16(3)23-13-27-21)11-20(10-18)22(25)24-15(2)12-26-4/h5-11,13,15H,12H2,1-4H3,(H,24,25)/t15-/m0/s1. The van der Waals surface area contributed by atoms with Crippen LogP contribution in [-0.2, 0) is 4.74 Å². The highest BCUT2D eigenvalue weighted by Gasteiger charge is 2.15. The third kappa shape index (κ3) is 4.62. The molecule has 1 atom stereocenters. The van der Waals surface area contributed by atoms with Gasteiger partial charge in [0.1, 0.15) is 0 Å². The van der Waals surface area contributed by atoms with Crippen molar-refractivity contribution in [1.29, 1.82) is 0 Å². The molecule has 0 fully saturated rings. The quantitative estimate of drug-likeness (QED) is 0.664. The molecule has 0 aliphatic carbocycles. The minimum atomic E-state index is -0.100. The Kier molecular flexibility index (Phi) is 6.04. The molecule has 0 saturated heterocycles. The van der Waals surface area contributed by atoms with E-state index in [0.717, 1.165) is 27.3 Å². The summed E-state index contributed by atoms with van der Waals surface area (Å²) in [5.41, 5.74) is 7.77. The molecule has 27 heavy (non-hydrogen) atoms. The number of thiazole rings is 1. The smallest absolute Gasteiger partial charge is 0.251 e. The fourth-order valence-electron chi connectivity index (χ4n) is 2.98. The maximum Gasteiger partial charge on any atom is 0.251 e. The van der Waals surface area contributed by atoms with Crippen molar-refractivity contribution in [3.63, 3.8) is 0 Å². The van der Waals surface area contributed by atoms with Gasteiger partial charge in [-0.2, -0.15) is 0 Å². The molecule has 0 aliphatic heterocycles. The second kappa shape index (κ2) is 8.46. The van der Waals surface area contributed by atoms with Crippen LogP contribution in [0.1, 0.15) is 28.5 Å². The van der Waals surface area contributed by atoms with Crippen molar-refractivity contribution in [3.05, 3.63) is 64.8 Å². The summed E-state index contributed by atoms with van der Waals surface area (Å²) in [5.74, 6) is -0.100. The van der Waals surface area contributed by atoms with Gasteiger partial charge in [0.15, 0.2) is 0 Å². The Bertz CT molecular complexity index is 932. The van der Waals surface area contributed by atoms with Gasteiger partial charge in [0, 0.05) is 18.7 Å². The molecule has 0 radical (unpaired) electrons. The average molecular weight is 381 g/mol. The molecule has 3 aromatic rings. The highest BCUT2D eigenvalue weighted by atomic mass is 32.1. The van der Waals surface area contributed by atoms with Gasteiger partial charge in [-0.3, -0.25) is 4.79 Å². The molecule has 1 amide bonds. The van der Waals surface area contributed by atoms with Crippen molar-refractivity contribution in [2.24, 2.45) is 0 Å². The number of nitrogens with zero attached hydrogens (tertiary/aromatic N) is 1. The summed E-state index contributed by atoms with van der Waals surface area (Å²) in [4.78, 5) is 18.2. The van der Waals surface area contributed by atoms with E-state index in [0.29, 0.717) is 12.2 Å². The van der Waals surface area contributed by atoms with E-state index in [4.69, 9.17) is 4.74 Å². The maximum absolute atomic E-state index is 12.8. The molecule has 1 N–H and O–H groups in total. The van der Waals surface area contributed by atoms with E-state index in [1.54, 1.807) is 18.4 Å². The highest BCUT2D eigenvalue weighted by molar-refractivity contribution is 7.13. The number of hydrogen-bond donors (Lipinski definition) is 1. The van der Waals surface area contributed by atoms with Crippen molar-refractivity contribution in [2.45, 2.75) is 26.8 Å². The Balaban J connectivity index is 2.04. The predicted octanol–water partition coefficient (Wildman–Crippen LogP) is 4.86. The number of carbonyl (C=O) groups excluding carboxylic acids is 1. The number of ether oxygens (including phenoxy) is 1. The van der Waals surface area contributed by atoms with Crippen molar-refractivity contribution in [2.75, 3.05) is 13.7 Å². The number of aromatic nitrogens is 1. The van der Waals surface area contributed by atoms with E-state index in [1.807, 2.05) is 31.5 Å². The Labute approximate surface area is 164 Å². The zero-order chi connectivity index (χ0) is 19.4. The zero-order valence-corrected chi connectivity index (χ0v) is 16.9. The molecule has 2 aromatic carbocycles. The third-order valence-electron chi connectivity index (χ3n) is 4.38. The van der Waals surface area contributed by atoms with Gasteiger partial charge in [0.05, 0.1) is 22.7 Å².